The molecule has 2 aromatic rings. The van der Waals surface area contributed by atoms with Gasteiger partial charge in [-0.3, -0.25) is 0 Å². The summed E-state index contributed by atoms with van der Waals surface area (Å²) in [5, 5.41) is 0. The maximum Gasteiger partial charge on any atom is 0.324 e. The van der Waals surface area contributed by atoms with E-state index in [4.69, 9.17) is 5.73 Å². The van der Waals surface area contributed by atoms with E-state index < -0.39 is 6.03 Å². The number of hydrogen-bond acceptors (Lipinski definition) is 2. The molecule has 2 N–H and O–H groups in total. The first-order valence-corrected chi connectivity index (χ1v) is 5.84. The highest BCUT2D eigenvalue weighted by atomic mass is 16.2. The number of benzene rings is 1. The van der Waals surface area contributed by atoms with Crippen molar-refractivity contribution in [2.24, 2.45) is 11.7 Å². The minimum Gasteiger partial charge on any atom is -0.351 e. The van der Waals surface area contributed by atoms with Crippen LogP contribution in [0, 0.1) is 17.8 Å². The average molecular weight is 241 g/mol. The zero-order valence-electron chi connectivity index (χ0n) is 10.5. The van der Waals surface area contributed by atoms with Crippen molar-refractivity contribution in [1.29, 1.82) is 0 Å². The highest BCUT2D eigenvalue weighted by molar-refractivity contribution is 5.89. The minimum absolute atomic E-state index is 0.302. The number of hydrogen-bond donors (Lipinski definition) is 1. The molecular weight excluding hydrogens is 226 g/mol. The van der Waals surface area contributed by atoms with Crippen LogP contribution in [0.25, 0.3) is 11.0 Å². The SMILES string of the molecule is CC(C)C#CCc1nc2ccccc2n1C(N)=O. The van der Waals surface area contributed by atoms with Crippen LogP contribution < -0.4 is 5.73 Å². The molecule has 1 heterocycles. The summed E-state index contributed by atoms with van der Waals surface area (Å²) in [6.07, 6.45) is 0.426. The van der Waals surface area contributed by atoms with Gasteiger partial charge in [-0.25, -0.2) is 14.3 Å². The van der Waals surface area contributed by atoms with E-state index in [9.17, 15) is 4.79 Å². The van der Waals surface area contributed by atoms with E-state index in [2.05, 4.69) is 16.8 Å². The lowest BCUT2D eigenvalue weighted by atomic mass is 10.2. The molecule has 4 heteroatoms. The number of imidazole rings is 1. The Balaban J connectivity index is 2.47. The van der Waals surface area contributed by atoms with E-state index in [1.165, 1.54) is 4.57 Å². The monoisotopic (exact) mass is 241 g/mol. The molecule has 4 nitrogen and oxygen atoms in total. The highest BCUT2D eigenvalue weighted by Crippen LogP contribution is 2.15. The third-order valence-electron chi connectivity index (χ3n) is 2.49. The normalized spacial score (nSPS) is 10.4. The maximum atomic E-state index is 11.5. The Bertz CT molecular complexity index is 644. The van der Waals surface area contributed by atoms with E-state index in [0.717, 1.165) is 11.0 Å². The number of carbonyl (C=O) groups is 1. The van der Waals surface area contributed by atoms with Gasteiger partial charge in [0.15, 0.2) is 0 Å². The fourth-order valence-electron chi connectivity index (χ4n) is 1.77. The minimum atomic E-state index is -0.523. The largest absolute Gasteiger partial charge is 0.351 e. The van der Waals surface area contributed by atoms with Crippen molar-refractivity contribution in [1.82, 2.24) is 9.55 Å². The highest BCUT2D eigenvalue weighted by Gasteiger charge is 2.12. The number of rotatable bonds is 1. The Hall–Kier alpha value is -2.28. The molecule has 2 rings (SSSR count). The first-order chi connectivity index (χ1) is 8.59. The van der Waals surface area contributed by atoms with Crippen molar-refractivity contribution in [3.8, 4) is 11.8 Å². The lowest BCUT2D eigenvalue weighted by Gasteiger charge is -2.00. The first kappa shape index (κ1) is 12.2. The van der Waals surface area contributed by atoms with Crippen LogP contribution in [0.15, 0.2) is 24.3 Å². The van der Waals surface area contributed by atoms with Gasteiger partial charge in [0.1, 0.15) is 5.82 Å². The molecule has 92 valence electrons. The summed E-state index contributed by atoms with van der Waals surface area (Å²) in [5.41, 5.74) is 6.88. The van der Waals surface area contributed by atoms with E-state index >= 15 is 0 Å². The van der Waals surface area contributed by atoms with Crippen molar-refractivity contribution in [2.45, 2.75) is 20.3 Å². The van der Waals surface area contributed by atoms with Gasteiger partial charge in [-0.2, -0.15) is 0 Å². The van der Waals surface area contributed by atoms with Crippen LogP contribution in [0.1, 0.15) is 19.7 Å². The van der Waals surface area contributed by atoms with Gasteiger partial charge in [0.25, 0.3) is 0 Å². The molecule has 0 unspecified atom stereocenters. The van der Waals surface area contributed by atoms with Crippen molar-refractivity contribution in [3.63, 3.8) is 0 Å². The molecule has 0 atom stereocenters. The number of primary amides is 1. The summed E-state index contributed by atoms with van der Waals surface area (Å²) in [7, 11) is 0. The van der Waals surface area contributed by atoms with Gasteiger partial charge in [0, 0.05) is 5.92 Å². The van der Waals surface area contributed by atoms with Crippen molar-refractivity contribution in [2.75, 3.05) is 0 Å². The van der Waals surface area contributed by atoms with Crippen molar-refractivity contribution >= 4 is 17.1 Å². The van der Waals surface area contributed by atoms with Gasteiger partial charge in [-0.15, -0.1) is 5.92 Å². The van der Waals surface area contributed by atoms with Crippen LogP contribution in [0.2, 0.25) is 0 Å². The quantitative estimate of drug-likeness (QED) is 0.778. The van der Waals surface area contributed by atoms with Crippen LogP contribution in [-0.4, -0.2) is 15.6 Å². The lowest BCUT2D eigenvalue weighted by molar-refractivity contribution is 0.250. The second kappa shape index (κ2) is 4.92. The molecule has 0 fully saturated rings. The second-order valence-corrected chi connectivity index (χ2v) is 4.34. The molecule has 18 heavy (non-hydrogen) atoms. The number of carbonyl (C=O) groups excluding carboxylic acids is 1. The van der Waals surface area contributed by atoms with Gasteiger partial charge >= 0.3 is 6.03 Å². The van der Waals surface area contributed by atoms with E-state index in [-0.39, 0.29) is 0 Å². The number of para-hydroxylation sites is 2. The summed E-state index contributed by atoms with van der Waals surface area (Å²) in [6.45, 7) is 4.04. The smallest absolute Gasteiger partial charge is 0.324 e. The first-order valence-electron chi connectivity index (χ1n) is 5.84. The molecule has 0 aliphatic heterocycles. The van der Waals surface area contributed by atoms with Gasteiger partial charge in [-0.1, -0.05) is 31.9 Å². The Kier molecular flexibility index (Phi) is 3.33. The van der Waals surface area contributed by atoms with Gasteiger partial charge in [-0.05, 0) is 12.1 Å². The molecule has 0 saturated heterocycles. The lowest BCUT2D eigenvalue weighted by Crippen LogP contribution is -2.21. The molecule has 1 aromatic heterocycles. The molecule has 0 aliphatic rings. The number of nitrogens with two attached hydrogens (primary N) is 1. The van der Waals surface area contributed by atoms with Crippen LogP contribution in [0.5, 0.6) is 0 Å². The standard InChI is InChI=1S/C14H15N3O/c1-10(2)6-5-9-13-16-11-7-3-4-8-12(11)17(13)14(15)18/h3-4,7-8,10H,9H2,1-2H3,(H2,15,18). The third kappa shape index (κ3) is 2.35. The van der Waals surface area contributed by atoms with Crippen molar-refractivity contribution in [3.05, 3.63) is 30.1 Å². The molecule has 1 aromatic carbocycles. The summed E-state index contributed by atoms with van der Waals surface area (Å²) in [4.78, 5) is 15.9. The maximum absolute atomic E-state index is 11.5. The Morgan fingerprint density at radius 1 is 1.44 bits per heavy atom. The van der Waals surface area contributed by atoms with Crippen LogP contribution >= 0.6 is 0 Å². The third-order valence-corrected chi connectivity index (χ3v) is 2.49. The van der Waals surface area contributed by atoms with Crippen molar-refractivity contribution < 1.29 is 4.79 Å². The predicted octanol–water partition coefficient (Wildman–Crippen LogP) is 2.17. The number of fused-ring (bicyclic) bond motifs is 1. The molecular formula is C14H15N3O. The average Bonchev–Trinajstić information content (AvgIpc) is 2.66. The van der Waals surface area contributed by atoms with E-state index in [1.807, 2.05) is 38.1 Å². The Morgan fingerprint density at radius 2 is 2.17 bits per heavy atom. The summed E-state index contributed by atoms with van der Waals surface area (Å²) < 4.78 is 1.42. The molecule has 0 bridgehead atoms. The van der Waals surface area contributed by atoms with Crippen LogP contribution in [0.3, 0.4) is 0 Å². The van der Waals surface area contributed by atoms with E-state index in [0.29, 0.717) is 18.2 Å². The summed E-state index contributed by atoms with van der Waals surface area (Å²) >= 11 is 0. The van der Waals surface area contributed by atoms with Gasteiger partial charge in [0.2, 0.25) is 0 Å². The molecule has 0 radical (unpaired) electrons. The predicted molar refractivity (Wildman–Crippen MR) is 71.0 cm³/mol. The fourth-order valence-corrected chi connectivity index (χ4v) is 1.77. The topological polar surface area (TPSA) is 60.9 Å². The molecule has 1 amide bonds. The summed E-state index contributed by atoms with van der Waals surface area (Å²) in [6, 6.07) is 6.89. The Labute approximate surface area is 106 Å². The van der Waals surface area contributed by atoms with Gasteiger partial charge < -0.3 is 5.73 Å². The fraction of sp³-hybridized carbons (Fsp3) is 0.286. The molecule has 0 saturated carbocycles. The molecule has 0 aliphatic carbocycles. The van der Waals surface area contributed by atoms with Crippen LogP contribution in [-0.2, 0) is 6.42 Å². The molecule has 0 spiro atoms. The van der Waals surface area contributed by atoms with Gasteiger partial charge in [0.05, 0.1) is 17.5 Å². The van der Waals surface area contributed by atoms with Crippen LogP contribution in [0.4, 0.5) is 4.79 Å². The number of nitrogens with zero attached hydrogens (tertiary/aromatic N) is 2. The zero-order chi connectivity index (χ0) is 13.1. The number of amides is 1. The van der Waals surface area contributed by atoms with E-state index in [1.54, 1.807) is 0 Å². The Morgan fingerprint density at radius 3 is 2.83 bits per heavy atom. The zero-order valence-corrected chi connectivity index (χ0v) is 10.5. The number of aromatic nitrogens is 2. The second-order valence-electron chi connectivity index (χ2n) is 4.34. The summed E-state index contributed by atoms with van der Waals surface area (Å²) in [5.74, 6) is 6.96.